The summed E-state index contributed by atoms with van der Waals surface area (Å²) in [5, 5.41) is 13.1. The van der Waals surface area contributed by atoms with Crippen molar-refractivity contribution < 1.29 is 28.6 Å². The van der Waals surface area contributed by atoms with Gasteiger partial charge in [0.25, 0.3) is 11.5 Å². The molecule has 188 valence electrons. The summed E-state index contributed by atoms with van der Waals surface area (Å²) in [6.45, 7) is 1.85. The summed E-state index contributed by atoms with van der Waals surface area (Å²) in [5.74, 6) is -3.72. The van der Waals surface area contributed by atoms with E-state index in [0.29, 0.717) is 12.0 Å². The summed E-state index contributed by atoms with van der Waals surface area (Å²) in [6, 6.07) is 3.96. The second-order valence-corrected chi connectivity index (χ2v) is 8.38. The van der Waals surface area contributed by atoms with Crippen LogP contribution in [0.25, 0.3) is 0 Å². The molecule has 0 aliphatic carbocycles. The van der Waals surface area contributed by atoms with E-state index in [9.17, 15) is 28.7 Å². The van der Waals surface area contributed by atoms with E-state index < -0.39 is 52.6 Å². The molecule has 35 heavy (non-hydrogen) atoms. The first-order valence-electron chi connectivity index (χ1n) is 11.0. The Morgan fingerprint density at radius 2 is 1.83 bits per heavy atom. The van der Waals surface area contributed by atoms with Crippen LogP contribution in [0.4, 0.5) is 4.39 Å². The van der Waals surface area contributed by atoms with Gasteiger partial charge in [0, 0.05) is 27.7 Å². The molecule has 0 radical (unpaired) electrons. The smallest absolute Gasteiger partial charge is 0.312 e. The van der Waals surface area contributed by atoms with Crippen LogP contribution >= 0.6 is 0 Å². The van der Waals surface area contributed by atoms with Gasteiger partial charge in [0.05, 0.1) is 19.3 Å². The second kappa shape index (κ2) is 10.6. The molecule has 2 heterocycles. The lowest BCUT2D eigenvalue weighted by Gasteiger charge is -2.28. The first-order chi connectivity index (χ1) is 16.6. The summed E-state index contributed by atoms with van der Waals surface area (Å²) >= 11 is 0. The molecule has 3 rings (SSSR count). The van der Waals surface area contributed by atoms with Crippen molar-refractivity contribution in [1.29, 1.82) is 0 Å². The van der Waals surface area contributed by atoms with Crippen molar-refractivity contribution in [2.45, 2.75) is 32.0 Å². The fraction of sp³-hybridized carbons (Fsp3) is 0.435. The molecule has 2 N–H and O–H groups in total. The number of aromatic nitrogens is 2. The van der Waals surface area contributed by atoms with Crippen molar-refractivity contribution >= 4 is 17.7 Å². The van der Waals surface area contributed by atoms with E-state index in [1.807, 2.05) is 6.92 Å². The molecule has 3 amide bonds. The fourth-order valence-corrected chi connectivity index (χ4v) is 3.69. The van der Waals surface area contributed by atoms with Gasteiger partial charge in [0.2, 0.25) is 5.75 Å². The lowest BCUT2D eigenvalue weighted by Crippen LogP contribution is -2.45. The van der Waals surface area contributed by atoms with Gasteiger partial charge in [-0.3, -0.25) is 23.7 Å². The van der Waals surface area contributed by atoms with Gasteiger partial charge in [0.1, 0.15) is 17.7 Å². The van der Waals surface area contributed by atoms with Gasteiger partial charge in [-0.15, -0.1) is 0 Å². The molecule has 12 heteroatoms. The van der Waals surface area contributed by atoms with Gasteiger partial charge in [-0.25, -0.2) is 9.37 Å². The molecule has 0 bridgehead atoms. The highest BCUT2D eigenvalue weighted by Gasteiger charge is 2.36. The van der Waals surface area contributed by atoms with Crippen molar-refractivity contribution in [3.63, 3.8) is 0 Å². The van der Waals surface area contributed by atoms with Crippen molar-refractivity contribution in [1.82, 2.24) is 24.7 Å². The third kappa shape index (κ3) is 5.32. The third-order valence-electron chi connectivity index (χ3n) is 5.80. The number of ether oxygens (including phenoxy) is 1. The van der Waals surface area contributed by atoms with Gasteiger partial charge < -0.3 is 25.0 Å². The van der Waals surface area contributed by atoms with Crippen LogP contribution < -0.4 is 10.9 Å². The van der Waals surface area contributed by atoms with Crippen molar-refractivity contribution in [3.8, 4) is 5.75 Å². The molecule has 0 spiro atoms. The summed E-state index contributed by atoms with van der Waals surface area (Å²) in [6.07, 6.45) is 0.450. The average Bonchev–Trinajstić information content (AvgIpc) is 3.03. The molecule has 2 aromatic rings. The Hall–Kier alpha value is -3.80. The molecule has 2 atom stereocenters. The van der Waals surface area contributed by atoms with Gasteiger partial charge in [0.15, 0.2) is 5.69 Å². The Kier molecular flexibility index (Phi) is 7.85. The van der Waals surface area contributed by atoms with E-state index in [-0.39, 0.29) is 25.6 Å². The molecule has 1 aliphatic rings. The van der Waals surface area contributed by atoms with E-state index in [1.54, 1.807) is 0 Å². The molecule has 1 aromatic heterocycles. The molecular weight excluding hydrogens is 461 g/mol. The number of fused-ring (bicyclic) bond motifs is 1. The molecular formula is C23H28FN5O6. The number of aromatic hydroxyl groups is 1. The highest BCUT2D eigenvalue weighted by molar-refractivity contribution is 6.34. The monoisotopic (exact) mass is 489 g/mol. The predicted molar refractivity (Wildman–Crippen MR) is 122 cm³/mol. The number of benzene rings is 1. The minimum atomic E-state index is -0.972. The van der Waals surface area contributed by atoms with E-state index in [4.69, 9.17) is 4.74 Å². The molecule has 0 saturated carbocycles. The zero-order valence-electron chi connectivity index (χ0n) is 19.9. The number of nitrogens with one attached hydrogen (secondary N) is 1. The number of halogens is 1. The summed E-state index contributed by atoms with van der Waals surface area (Å²) < 4.78 is 20.0. The Labute approximate surface area is 201 Å². The van der Waals surface area contributed by atoms with Crippen LogP contribution in [0, 0.1) is 5.82 Å². The van der Waals surface area contributed by atoms with Gasteiger partial charge in [-0.1, -0.05) is 19.1 Å². The number of nitrogens with zero attached hydrogens (tertiary/aromatic N) is 4. The summed E-state index contributed by atoms with van der Waals surface area (Å²) in [7, 11) is 4.24. The van der Waals surface area contributed by atoms with Gasteiger partial charge in [-0.2, -0.15) is 0 Å². The van der Waals surface area contributed by atoms with Crippen LogP contribution in [-0.4, -0.2) is 76.5 Å². The summed E-state index contributed by atoms with van der Waals surface area (Å²) in [4.78, 5) is 57.5. The van der Waals surface area contributed by atoms with Crippen LogP contribution in [-0.2, 0) is 20.9 Å². The largest absolute Gasteiger partial charge is 0.501 e. The first-order valence-corrected chi connectivity index (χ1v) is 11.0. The molecule has 1 aromatic carbocycles. The second-order valence-electron chi connectivity index (χ2n) is 8.38. The van der Waals surface area contributed by atoms with Crippen LogP contribution in [0.2, 0.25) is 0 Å². The SMILES string of the molecule is CCC1COCC(N(C)C(=O)C(=O)N(C)C)c2nc(C(=O)NCc3ccc(F)cc3)c(O)c(=O)n21. The number of carbonyl (C=O) groups is 3. The summed E-state index contributed by atoms with van der Waals surface area (Å²) in [5.41, 5.74) is -0.787. The van der Waals surface area contributed by atoms with Crippen molar-refractivity contribution in [3.05, 3.63) is 57.5 Å². The Morgan fingerprint density at radius 1 is 1.17 bits per heavy atom. The Balaban J connectivity index is 2.02. The highest BCUT2D eigenvalue weighted by Crippen LogP contribution is 2.28. The third-order valence-corrected chi connectivity index (χ3v) is 5.80. The van der Waals surface area contributed by atoms with Crippen LogP contribution in [0.15, 0.2) is 29.1 Å². The maximum atomic E-state index is 13.2. The minimum absolute atomic E-state index is 0.00149. The lowest BCUT2D eigenvalue weighted by atomic mass is 10.1. The molecule has 2 unspecified atom stereocenters. The number of hydrogen-bond donors (Lipinski definition) is 2. The quantitative estimate of drug-likeness (QED) is 0.587. The number of carbonyl (C=O) groups excluding carboxylic acids is 3. The van der Waals surface area contributed by atoms with E-state index in [1.165, 1.54) is 50.0 Å². The molecule has 0 saturated heterocycles. The van der Waals surface area contributed by atoms with E-state index in [0.717, 1.165) is 9.80 Å². The van der Waals surface area contributed by atoms with Gasteiger partial charge in [-0.05, 0) is 24.1 Å². The maximum absolute atomic E-state index is 13.2. The van der Waals surface area contributed by atoms with Crippen molar-refractivity contribution in [2.75, 3.05) is 34.4 Å². The van der Waals surface area contributed by atoms with Crippen molar-refractivity contribution in [2.24, 2.45) is 0 Å². The maximum Gasteiger partial charge on any atom is 0.312 e. The van der Waals surface area contributed by atoms with E-state index >= 15 is 0 Å². The minimum Gasteiger partial charge on any atom is -0.501 e. The number of amides is 3. The zero-order valence-corrected chi connectivity index (χ0v) is 19.9. The average molecular weight is 490 g/mol. The normalized spacial score (nSPS) is 17.2. The van der Waals surface area contributed by atoms with Gasteiger partial charge >= 0.3 is 11.8 Å². The Bertz CT molecular complexity index is 1180. The number of hydrogen-bond acceptors (Lipinski definition) is 7. The predicted octanol–water partition coefficient (Wildman–Crippen LogP) is 0.587. The Morgan fingerprint density at radius 3 is 2.43 bits per heavy atom. The molecule has 11 nitrogen and oxygen atoms in total. The first kappa shape index (κ1) is 25.8. The standard InChI is InChI=1S/C23H28FN5O6/c1-5-15-11-35-12-16(28(4)23(34)22(33)27(2)3)19-26-17(18(30)21(32)29(15)19)20(31)25-10-13-6-8-14(24)9-7-13/h6-9,15-16,30H,5,10-12H2,1-4H3,(H,25,31). The number of likely N-dealkylation sites (N-methyl/N-ethyl adjacent to an activating group) is 2. The zero-order chi connectivity index (χ0) is 25.9. The number of rotatable bonds is 5. The van der Waals surface area contributed by atoms with E-state index in [2.05, 4.69) is 10.3 Å². The highest BCUT2D eigenvalue weighted by atomic mass is 19.1. The molecule has 0 fully saturated rings. The molecule has 1 aliphatic heterocycles. The lowest BCUT2D eigenvalue weighted by molar-refractivity contribution is -0.151. The fourth-order valence-electron chi connectivity index (χ4n) is 3.69. The van der Waals surface area contributed by atoms with Crippen LogP contribution in [0.5, 0.6) is 5.75 Å². The van der Waals surface area contributed by atoms with Crippen LogP contribution in [0.3, 0.4) is 0 Å². The van der Waals surface area contributed by atoms with Crippen LogP contribution in [0.1, 0.15) is 47.3 Å². The topological polar surface area (TPSA) is 134 Å².